The number of halogens is 3. The van der Waals surface area contributed by atoms with Crippen LogP contribution in [0.25, 0.3) is 11.3 Å². The van der Waals surface area contributed by atoms with Crippen molar-refractivity contribution in [2.75, 3.05) is 25.5 Å². The zero-order chi connectivity index (χ0) is 30.8. The highest BCUT2D eigenvalue weighted by Crippen LogP contribution is 2.34. The molecule has 3 heterocycles. The number of aliphatic imine (C=N–C) groups is 1. The summed E-state index contributed by atoms with van der Waals surface area (Å²) in [6.45, 7) is 1.52. The minimum atomic E-state index is -0.725. The molecule has 0 spiro atoms. The number of benzene rings is 3. The number of piperidine rings is 1. The largest absolute Gasteiger partial charge is 0.343 e. The number of anilines is 2. The molecular weight excluding hydrogens is 586 g/mol. The molecule has 2 aliphatic heterocycles. The van der Waals surface area contributed by atoms with Crippen LogP contribution in [0.15, 0.2) is 71.9 Å². The van der Waals surface area contributed by atoms with E-state index in [1.807, 2.05) is 11.9 Å². The van der Waals surface area contributed by atoms with Crippen LogP contribution in [-0.4, -0.2) is 58.6 Å². The van der Waals surface area contributed by atoms with Gasteiger partial charge in [0.1, 0.15) is 11.6 Å². The van der Waals surface area contributed by atoms with Gasteiger partial charge in [-0.25, -0.2) is 18.7 Å². The number of aromatic nitrogens is 2. The smallest absolute Gasteiger partial charge is 0.257 e. The second-order valence-corrected chi connectivity index (χ2v) is 11.0. The fourth-order valence-electron chi connectivity index (χ4n) is 5.41. The Morgan fingerprint density at radius 3 is 2.45 bits per heavy atom. The summed E-state index contributed by atoms with van der Waals surface area (Å²) in [5, 5.41) is 17.8. The lowest BCUT2D eigenvalue weighted by molar-refractivity contribution is 0.0970. The van der Waals surface area contributed by atoms with Gasteiger partial charge >= 0.3 is 0 Å². The van der Waals surface area contributed by atoms with Crippen molar-refractivity contribution in [1.82, 2.24) is 25.5 Å². The van der Waals surface area contributed by atoms with Crippen LogP contribution in [0.1, 0.15) is 39.9 Å². The molecule has 0 bridgehead atoms. The van der Waals surface area contributed by atoms with Gasteiger partial charge in [0.15, 0.2) is 5.96 Å². The number of rotatable bonds is 5. The van der Waals surface area contributed by atoms with E-state index in [-0.39, 0.29) is 35.6 Å². The first-order valence-electron chi connectivity index (χ1n) is 14.1. The molecule has 12 heteroatoms. The van der Waals surface area contributed by atoms with Crippen molar-refractivity contribution in [1.29, 1.82) is 5.41 Å². The molecule has 1 saturated heterocycles. The Morgan fingerprint density at radius 2 is 1.75 bits per heavy atom. The minimum Gasteiger partial charge on any atom is -0.343 e. The fourth-order valence-corrected chi connectivity index (χ4v) is 5.58. The van der Waals surface area contributed by atoms with Crippen LogP contribution in [0.2, 0.25) is 5.02 Å². The summed E-state index contributed by atoms with van der Waals surface area (Å²) < 4.78 is 29.6. The maximum Gasteiger partial charge on any atom is 0.257 e. The van der Waals surface area contributed by atoms with Crippen LogP contribution in [0.5, 0.6) is 0 Å². The number of fused-ring (bicyclic) bond motifs is 3. The topological polar surface area (TPSA) is 118 Å². The van der Waals surface area contributed by atoms with Gasteiger partial charge in [-0.1, -0.05) is 23.7 Å². The molecule has 0 unspecified atom stereocenters. The standard InChI is InChI=1S/C32H29ClF2N8O/c1-37-21-11-13-43(14-12-21)31(36)42-30(44)18-5-8-22(9-6-18)40-32-39-17-19-16-38-29(27-25(34)3-2-4-26(27)35)24-15-20(33)7-10-23(24)28(19)41-32/h2-10,15,17,21,37H,11-14,16H2,1H3,(H2,36,42,44)(H,39,40,41). The average Bonchev–Trinajstić information content (AvgIpc) is 3.18. The van der Waals surface area contributed by atoms with E-state index >= 15 is 0 Å². The first kappa shape index (κ1) is 29.3. The lowest BCUT2D eigenvalue weighted by atomic mass is 9.95. The van der Waals surface area contributed by atoms with E-state index < -0.39 is 11.6 Å². The SMILES string of the molecule is CNC1CCN(C(=N)NC(=O)c2ccc(Nc3ncc4c(n3)-c3ccc(Cl)cc3C(c3c(F)cccc3F)=NC4)cc2)CC1. The zero-order valence-corrected chi connectivity index (χ0v) is 24.6. The lowest BCUT2D eigenvalue weighted by Gasteiger charge is -2.33. The van der Waals surface area contributed by atoms with Gasteiger partial charge in [-0.15, -0.1) is 0 Å². The van der Waals surface area contributed by atoms with Crippen molar-refractivity contribution in [2.45, 2.75) is 25.4 Å². The quantitative estimate of drug-likeness (QED) is 0.174. The van der Waals surface area contributed by atoms with Crippen LogP contribution in [0.4, 0.5) is 20.4 Å². The molecule has 6 rings (SSSR count). The summed E-state index contributed by atoms with van der Waals surface area (Å²) in [5.74, 6) is -1.43. The van der Waals surface area contributed by atoms with Gasteiger partial charge < -0.3 is 15.5 Å². The van der Waals surface area contributed by atoms with E-state index in [1.54, 1.807) is 48.7 Å². The monoisotopic (exact) mass is 614 g/mol. The van der Waals surface area contributed by atoms with Gasteiger partial charge in [0.2, 0.25) is 5.95 Å². The lowest BCUT2D eigenvalue weighted by Crippen LogP contribution is -2.49. The zero-order valence-electron chi connectivity index (χ0n) is 23.8. The predicted molar refractivity (Wildman–Crippen MR) is 167 cm³/mol. The minimum absolute atomic E-state index is 0.0941. The molecule has 3 aromatic carbocycles. The maximum atomic E-state index is 14.8. The third-order valence-corrected chi connectivity index (χ3v) is 8.05. The summed E-state index contributed by atoms with van der Waals surface area (Å²) in [4.78, 5) is 28.4. The molecule has 44 heavy (non-hydrogen) atoms. The van der Waals surface area contributed by atoms with Crippen LogP contribution in [0, 0.1) is 17.0 Å². The Morgan fingerprint density at radius 1 is 1.02 bits per heavy atom. The van der Waals surface area contributed by atoms with E-state index in [0.717, 1.165) is 12.8 Å². The van der Waals surface area contributed by atoms with Gasteiger partial charge in [0.25, 0.3) is 5.91 Å². The summed E-state index contributed by atoms with van der Waals surface area (Å²) in [6, 6.07) is 15.9. The van der Waals surface area contributed by atoms with Crippen molar-refractivity contribution in [2.24, 2.45) is 4.99 Å². The first-order valence-corrected chi connectivity index (χ1v) is 14.5. The average molecular weight is 615 g/mol. The highest BCUT2D eigenvalue weighted by molar-refractivity contribution is 6.31. The number of hydrogen-bond donors (Lipinski definition) is 4. The summed E-state index contributed by atoms with van der Waals surface area (Å²) >= 11 is 6.31. The highest BCUT2D eigenvalue weighted by atomic mass is 35.5. The predicted octanol–water partition coefficient (Wildman–Crippen LogP) is 5.52. The van der Waals surface area contributed by atoms with Crippen molar-refractivity contribution in [3.63, 3.8) is 0 Å². The molecule has 1 aromatic heterocycles. The van der Waals surface area contributed by atoms with E-state index in [2.05, 4.69) is 25.9 Å². The number of carbonyl (C=O) groups excluding carboxylic acids is 1. The number of likely N-dealkylation sites (tertiary alicyclic amines) is 1. The van der Waals surface area contributed by atoms with Gasteiger partial charge in [0, 0.05) is 58.3 Å². The number of nitrogens with one attached hydrogen (secondary N) is 4. The van der Waals surface area contributed by atoms with E-state index in [9.17, 15) is 13.6 Å². The molecule has 0 atom stereocenters. The Kier molecular flexibility index (Phi) is 8.32. The van der Waals surface area contributed by atoms with Gasteiger partial charge in [0.05, 0.1) is 23.5 Å². The molecule has 9 nitrogen and oxygen atoms in total. The third-order valence-electron chi connectivity index (χ3n) is 7.82. The van der Waals surface area contributed by atoms with Crippen LogP contribution < -0.4 is 16.0 Å². The van der Waals surface area contributed by atoms with Crippen molar-refractivity contribution >= 4 is 40.8 Å². The van der Waals surface area contributed by atoms with E-state index in [0.29, 0.717) is 57.8 Å². The normalized spacial score (nSPS) is 14.6. The maximum absolute atomic E-state index is 14.8. The second-order valence-electron chi connectivity index (χ2n) is 10.6. The van der Waals surface area contributed by atoms with Gasteiger partial charge in [-0.2, -0.15) is 0 Å². The summed E-state index contributed by atoms with van der Waals surface area (Å²) in [6.07, 6.45) is 3.45. The molecular formula is C32H29ClF2N8O. The number of nitrogens with zero attached hydrogens (tertiary/aromatic N) is 4. The molecule has 0 radical (unpaired) electrons. The van der Waals surface area contributed by atoms with Crippen molar-refractivity contribution in [3.8, 4) is 11.3 Å². The Balaban J connectivity index is 1.20. The summed E-state index contributed by atoms with van der Waals surface area (Å²) in [5.41, 5.74) is 3.26. The Bertz CT molecular complexity index is 1750. The van der Waals surface area contributed by atoms with Crippen molar-refractivity contribution < 1.29 is 13.6 Å². The number of hydrogen-bond acceptors (Lipinski definition) is 7. The van der Waals surface area contributed by atoms with Crippen LogP contribution >= 0.6 is 11.6 Å². The van der Waals surface area contributed by atoms with Gasteiger partial charge in [-0.05, 0) is 68.4 Å². The second kappa shape index (κ2) is 12.5. The number of guanidine groups is 1. The van der Waals surface area contributed by atoms with Crippen molar-refractivity contribution in [3.05, 3.63) is 106 Å². The molecule has 1 fully saturated rings. The number of carbonyl (C=O) groups is 1. The fraction of sp³-hybridized carbons (Fsp3) is 0.219. The third kappa shape index (κ3) is 6.01. The Hall–Kier alpha value is -4.74. The van der Waals surface area contributed by atoms with Crippen LogP contribution in [0.3, 0.4) is 0 Å². The molecule has 0 saturated carbocycles. The number of amides is 1. The van der Waals surface area contributed by atoms with E-state index in [1.165, 1.54) is 18.2 Å². The molecule has 4 aromatic rings. The molecule has 2 aliphatic rings. The molecule has 4 N–H and O–H groups in total. The van der Waals surface area contributed by atoms with Gasteiger partial charge in [-0.3, -0.25) is 20.5 Å². The highest BCUT2D eigenvalue weighted by Gasteiger charge is 2.25. The van der Waals surface area contributed by atoms with E-state index in [4.69, 9.17) is 22.0 Å². The Labute approximate surface area is 257 Å². The molecule has 0 aliphatic carbocycles. The van der Waals surface area contributed by atoms with Crippen LogP contribution in [-0.2, 0) is 6.54 Å². The molecule has 224 valence electrons. The first-order chi connectivity index (χ1) is 21.3. The summed E-state index contributed by atoms with van der Waals surface area (Å²) in [7, 11) is 1.93. The molecule has 1 amide bonds.